The lowest BCUT2D eigenvalue weighted by Crippen LogP contribution is -2.07. The molecule has 0 fully saturated rings. The maximum absolute atomic E-state index is 10.7. The van der Waals surface area contributed by atoms with Crippen molar-refractivity contribution in [3.8, 4) is 0 Å². The lowest BCUT2D eigenvalue weighted by Gasteiger charge is -2.05. The number of aromatic carboxylic acids is 1. The topological polar surface area (TPSA) is 59.4 Å². The highest BCUT2D eigenvalue weighted by Gasteiger charge is 2.15. The van der Waals surface area contributed by atoms with Gasteiger partial charge in [0.05, 0.1) is 16.8 Å². The van der Waals surface area contributed by atoms with E-state index in [1.54, 1.807) is 14.0 Å². The molecule has 0 radical (unpaired) electrons. The van der Waals surface area contributed by atoms with Crippen LogP contribution in [0.3, 0.4) is 0 Å². The van der Waals surface area contributed by atoms with Gasteiger partial charge in [0.15, 0.2) is 0 Å². The molecule has 0 saturated carbocycles. The molecule has 5 heteroatoms. The monoisotopic (exact) mass is 215 g/mol. The summed E-state index contributed by atoms with van der Waals surface area (Å²) < 4.78 is 5.08. The van der Waals surface area contributed by atoms with Gasteiger partial charge in [-0.2, -0.15) is 0 Å². The second kappa shape index (κ2) is 4.52. The van der Waals surface area contributed by atoms with Gasteiger partial charge in [0.1, 0.15) is 4.88 Å². The molecule has 4 nitrogen and oxygen atoms in total. The molecule has 1 N–H and O–H groups in total. The molecule has 1 rings (SSSR count). The van der Waals surface area contributed by atoms with Crippen LogP contribution in [0.1, 0.15) is 27.3 Å². The summed E-state index contributed by atoms with van der Waals surface area (Å²) in [6.45, 7) is 3.64. The van der Waals surface area contributed by atoms with E-state index in [9.17, 15) is 4.79 Å². The fraction of sp³-hybridized carbons (Fsp3) is 0.556. The number of aryl methyl sites for hydroxylation is 1. The van der Waals surface area contributed by atoms with Crippen molar-refractivity contribution >= 4 is 17.3 Å². The average Bonchev–Trinajstić information content (AvgIpc) is 2.46. The maximum Gasteiger partial charge on any atom is 0.347 e. The van der Waals surface area contributed by atoms with Gasteiger partial charge in [-0.25, -0.2) is 9.78 Å². The highest BCUT2D eigenvalue weighted by atomic mass is 32.1. The summed E-state index contributed by atoms with van der Waals surface area (Å²) in [5.41, 5.74) is 0.584. The minimum atomic E-state index is -0.906. The largest absolute Gasteiger partial charge is 0.477 e. The van der Waals surface area contributed by atoms with E-state index < -0.39 is 5.97 Å². The fourth-order valence-electron chi connectivity index (χ4n) is 1.07. The van der Waals surface area contributed by atoms with Gasteiger partial charge in [0.25, 0.3) is 0 Å². The van der Waals surface area contributed by atoms with Gasteiger partial charge in [-0.15, -0.1) is 11.3 Å². The summed E-state index contributed by atoms with van der Waals surface area (Å²) in [4.78, 5) is 15.2. The van der Waals surface area contributed by atoms with Crippen molar-refractivity contribution < 1.29 is 14.6 Å². The first-order valence-electron chi connectivity index (χ1n) is 4.27. The Morgan fingerprint density at radius 3 is 2.79 bits per heavy atom. The molecule has 0 spiro atoms. The molecule has 1 aromatic heterocycles. The van der Waals surface area contributed by atoms with Crippen molar-refractivity contribution in [3.63, 3.8) is 0 Å². The van der Waals surface area contributed by atoms with Crippen LogP contribution in [0.5, 0.6) is 0 Å². The molecular formula is C9H13NO3S. The molecule has 1 heterocycles. The van der Waals surface area contributed by atoms with Crippen molar-refractivity contribution in [2.45, 2.75) is 26.4 Å². The molecule has 14 heavy (non-hydrogen) atoms. The van der Waals surface area contributed by atoms with Gasteiger partial charge >= 0.3 is 5.97 Å². The third-order valence-corrected chi connectivity index (χ3v) is 3.07. The zero-order valence-corrected chi connectivity index (χ0v) is 9.22. The van der Waals surface area contributed by atoms with Crippen molar-refractivity contribution in [3.05, 3.63) is 15.6 Å². The number of hydrogen-bond donors (Lipinski definition) is 1. The second-order valence-electron chi connectivity index (χ2n) is 3.08. The van der Waals surface area contributed by atoms with Crippen LogP contribution < -0.4 is 0 Å². The van der Waals surface area contributed by atoms with Crippen LogP contribution in [-0.2, 0) is 11.2 Å². The normalized spacial score (nSPS) is 12.8. The summed E-state index contributed by atoms with van der Waals surface area (Å²) in [5, 5.41) is 9.62. The molecule has 1 aromatic rings. The van der Waals surface area contributed by atoms with Crippen LogP contribution in [-0.4, -0.2) is 29.3 Å². The third kappa shape index (κ3) is 2.52. The van der Waals surface area contributed by atoms with Crippen LogP contribution in [0.15, 0.2) is 0 Å². The number of aromatic nitrogens is 1. The van der Waals surface area contributed by atoms with Gasteiger partial charge < -0.3 is 9.84 Å². The summed E-state index contributed by atoms with van der Waals surface area (Å²) in [6, 6.07) is 0. The number of carboxylic acids is 1. The van der Waals surface area contributed by atoms with Gasteiger partial charge in [-0.1, -0.05) is 0 Å². The first-order chi connectivity index (χ1) is 6.54. The number of thiazole rings is 1. The minimum Gasteiger partial charge on any atom is -0.477 e. The highest BCUT2D eigenvalue weighted by molar-refractivity contribution is 7.13. The summed E-state index contributed by atoms with van der Waals surface area (Å²) in [5.74, 6) is -0.906. The summed E-state index contributed by atoms with van der Waals surface area (Å²) in [6.07, 6.45) is 0.733. The number of rotatable bonds is 4. The Hall–Kier alpha value is -0.940. The van der Waals surface area contributed by atoms with E-state index in [0.29, 0.717) is 17.0 Å². The molecule has 0 saturated heterocycles. The molecule has 0 bridgehead atoms. The van der Waals surface area contributed by atoms with Crippen molar-refractivity contribution in [2.24, 2.45) is 0 Å². The second-order valence-corrected chi connectivity index (χ2v) is 4.16. The zero-order chi connectivity index (χ0) is 10.7. The molecular weight excluding hydrogens is 202 g/mol. The summed E-state index contributed by atoms with van der Waals surface area (Å²) in [7, 11) is 1.63. The predicted octanol–water partition coefficient (Wildman–Crippen LogP) is 1.73. The van der Waals surface area contributed by atoms with Crippen molar-refractivity contribution in [1.82, 2.24) is 4.98 Å². The Bertz CT molecular complexity index is 335. The Balaban J connectivity index is 2.81. The lowest BCUT2D eigenvalue weighted by molar-refractivity contribution is 0.0701. The highest BCUT2D eigenvalue weighted by Crippen LogP contribution is 2.19. The number of methoxy groups -OCH3 is 1. The standard InChI is InChI=1S/C9H13NO3S/c1-5(13-3)4-7-10-6(2)8(14-7)9(11)12/h5H,4H2,1-3H3,(H,11,12). The van der Waals surface area contributed by atoms with E-state index in [4.69, 9.17) is 9.84 Å². The SMILES string of the molecule is COC(C)Cc1nc(C)c(C(=O)O)s1. The van der Waals surface area contributed by atoms with E-state index >= 15 is 0 Å². The molecule has 78 valence electrons. The Kier molecular flexibility index (Phi) is 3.60. The third-order valence-electron chi connectivity index (χ3n) is 1.90. The number of nitrogens with zero attached hydrogens (tertiary/aromatic N) is 1. The number of hydrogen-bond acceptors (Lipinski definition) is 4. The van der Waals surface area contributed by atoms with Crippen LogP contribution in [0.4, 0.5) is 0 Å². The number of carboxylic acid groups (broad SMARTS) is 1. The van der Waals surface area contributed by atoms with Crippen molar-refractivity contribution in [2.75, 3.05) is 7.11 Å². The van der Waals surface area contributed by atoms with Gasteiger partial charge in [0, 0.05) is 13.5 Å². The Morgan fingerprint density at radius 2 is 2.36 bits per heavy atom. The molecule has 0 aliphatic heterocycles. The van der Waals surface area contributed by atoms with Crippen LogP contribution in [0, 0.1) is 6.92 Å². The van der Waals surface area contributed by atoms with Gasteiger partial charge in [0.2, 0.25) is 0 Å². The first kappa shape index (κ1) is 11.1. The lowest BCUT2D eigenvalue weighted by atomic mass is 10.3. The van der Waals surface area contributed by atoms with Crippen LogP contribution in [0.25, 0.3) is 0 Å². The number of ether oxygens (including phenoxy) is 1. The zero-order valence-electron chi connectivity index (χ0n) is 8.40. The van der Waals surface area contributed by atoms with E-state index in [0.717, 1.165) is 5.01 Å². The van der Waals surface area contributed by atoms with Crippen LogP contribution >= 0.6 is 11.3 Å². The molecule has 0 amide bonds. The first-order valence-corrected chi connectivity index (χ1v) is 5.08. The van der Waals surface area contributed by atoms with Crippen LogP contribution in [0.2, 0.25) is 0 Å². The van der Waals surface area contributed by atoms with Gasteiger partial charge in [-0.05, 0) is 13.8 Å². The fourth-order valence-corrected chi connectivity index (χ4v) is 2.08. The van der Waals surface area contributed by atoms with E-state index in [1.807, 2.05) is 6.92 Å². The minimum absolute atomic E-state index is 0.0715. The maximum atomic E-state index is 10.7. The Morgan fingerprint density at radius 1 is 1.71 bits per heavy atom. The van der Waals surface area contributed by atoms with E-state index in [2.05, 4.69) is 4.98 Å². The van der Waals surface area contributed by atoms with Crippen molar-refractivity contribution in [1.29, 1.82) is 0 Å². The average molecular weight is 215 g/mol. The van der Waals surface area contributed by atoms with E-state index in [1.165, 1.54) is 11.3 Å². The van der Waals surface area contributed by atoms with E-state index in [-0.39, 0.29) is 6.10 Å². The molecule has 0 aliphatic carbocycles. The molecule has 0 aliphatic rings. The number of carbonyl (C=O) groups is 1. The predicted molar refractivity (Wildman–Crippen MR) is 54.0 cm³/mol. The quantitative estimate of drug-likeness (QED) is 0.830. The molecule has 1 unspecified atom stereocenters. The molecule has 0 aromatic carbocycles. The Labute approximate surface area is 86.6 Å². The smallest absolute Gasteiger partial charge is 0.347 e. The molecule has 1 atom stereocenters. The van der Waals surface area contributed by atoms with Gasteiger partial charge in [-0.3, -0.25) is 0 Å². The summed E-state index contributed by atoms with van der Waals surface area (Å²) >= 11 is 1.22.